The van der Waals surface area contributed by atoms with Crippen LogP contribution in [0.3, 0.4) is 0 Å². The van der Waals surface area contributed by atoms with E-state index in [1.54, 1.807) is 28.4 Å². The minimum absolute atomic E-state index is 1.28. The van der Waals surface area contributed by atoms with Crippen LogP contribution in [0.15, 0.2) is 83.5 Å². The summed E-state index contributed by atoms with van der Waals surface area (Å²) in [4.78, 5) is 0. The first-order valence-corrected chi connectivity index (χ1v) is 16.5. The molecule has 0 aliphatic rings. The normalized spacial score (nSPS) is 13.4. The molecule has 2 aromatic carbocycles. The van der Waals surface area contributed by atoms with Gasteiger partial charge in [-0.1, -0.05) is 72.1 Å². The van der Waals surface area contributed by atoms with Gasteiger partial charge in [0.25, 0.3) is 0 Å². The summed E-state index contributed by atoms with van der Waals surface area (Å²) >= 11 is 0. The highest BCUT2D eigenvalue weighted by Crippen LogP contribution is 2.17. The summed E-state index contributed by atoms with van der Waals surface area (Å²) in [6.45, 7) is 4.09. The van der Waals surface area contributed by atoms with Gasteiger partial charge in [-0.25, -0.2) is 0 Å². The van der Waals surface area contributed by atoms with E-state index in [-0.39, 0.29) is 0 Å². The van der Waals surface area contributed by atoms with E-state index in [4.69, 9.17) is 17.7 Å². The Morgan fingerprint density at radius 3 is 1.10 bits per heavy atom. The van der Waals surface area contributed by atoms with E-state index in [1.807, 2.05) is 25.2 Å². The Morgan fingerprint density at radius 2 is 0.828 bits per heavy atom. The molecule has 0 aliphatic carbocycles. The van der Waals surface area contributed by atoms with Crippen molar-refractivity contribution in [2.45, 2.75) is 13.1 Å². The van der Waals surface area contributed by atoms with Crippen LogP contribution in [-0.4, -0.2) is 53.6 Å². The topological polar surface area (TPSA) is 36.9 Å². The average molecular weight is 445 g/mol. The average Bonchev–Trinajstić information content (AvgIpc) is 2.80. The van der Waals surface area contributed by atoms with Gasteiger partial charge in [0.1, 0.15) is 0 Å². The molecule has 0 heterocycles. The minimum Gasteiger partial charge on any atom is -0.395 e. The lowest BCUT2D eigenvalue weighted by Crippen LogP contribution is -2.57. The molecule has 7 heteroatoms. The van der Waals surface area contributed by atoms with Gasteiger partial charge in [-0.2, -0.15) is 0 Å². The van der Waals surface area contributed by atoms with Crippen LogP contribution in [0.25, 0.3) is 0 Å². The molecule has 156 valence electrons. The van der Waals surface area contributed by atoms with E-state index in [0.29, 0.717) is 0 Å². The van der Waals surface area contributed by atoms with Crippen molar-refractivity contribution in [1.29, 1.82) is 0 Å². The summed E-state index contributed by atoms with van der Waals surface area (Å²) in [7, 11) is -0.385. The zero-order chi connectivity index (χ0) is 21.4. The predicted octanol–water partition coefficient (Wildman–Crippen LogP) is 3.25. The van der Waals surface area contributed by atoms with Crippen LogP contribution in [0, 0.1) is 0 Å². The molecule has 0 radical (unpaired) electrons. The monoisotopic (exact) mass is 444 g/mol. The van der Waals surface area contributed by atoms with Gasteiger partial charge in [0.2, 0.25) is 0 Å². The highest BCUT2D eigenvalue weighted by molar-refractivity contribution is 7.10. The Balaban J connectivity index is 2.76. The van der Waals surface area contributed by atoms with Crippen molar-refractivity contribution >= 4 is 35.6 Å². The first kappa shape index (κ1) is 23.7. The molecule has 2 aromatic rings. The van der Waals surface area contributed by atoms with Gasteiger partial charge in [0.15, 0.2) is 8.07 Å². The van der Waals surface area contributed by atoms with Crippen molar-refractivity contribution in [3.63, 3.8) is 0 Å². The van der Waals surface area contributed by atoms with Crippen molar-refractivity contribution in [3.05, 3.63) is 83.5 Å². The molecule has 0 N–H and O–H groups in total. The Kier molecular flexibility index (Phi) is 8.53. The maximum Gasteiger partial charge on any atom is 0.360 e. The van der Waals surface area contributed by atoms with Crippen LogP contribution in [0.1, 0.15) is 0 Å². The van der Waals surface area contributed by atoms with Crippen LogP contribution < -0.4 is 10.4 Å². The summed E-state index contributed by atoms with van der Waals surface area (Å²) in [6, 6.07) is 21.3. The van der Waals surface area contributed by atoms with Crippen molar-refractivity contribution in [3.8, 4) is 0 Å². The first-order chi connectivity index (χ1) is 13.9. The zero-order valence-electron chi connectivity index (χ0n) is 18.2. The largest absolute Gasteiger partial charge is 0.395 e. The van der Waals surface area contributed by atoms with Gasteiger partial charge in [0.05, 0.1) is 0 Å². The van der Waals surface area contributed by atoms with Gasteiger partial charge >= 0.3 is 17.1 Å². The Morgan fingerprint density at radius 1 is 0.517 bits per heavy atom. The second-order valence-electron chi connectivity index (χ2n) is 7.12. The van der Waals surface area contributed by atoms with E-state index in [0.717, 1.165) is 0 Å². The lowest BCUT2D eigenvalue weighted by molar-refractivity contribution is 0.263. The fraction of sp³-hybridized carbons (Fsp3) is 0.273. The molecular formula is C22H32O4Si3. The molecule has 2 rings (SSSR count). The van der Waals surface area contributed by atoms with Crippen molar-refractivity contribution in [1.82, 2.24) is 0 Å². The van der Waals surface area contributed by atoms with Crippen molar-refractivity contribution in [2.24, 2.45) is 0 Å². The number of benzene rings is 2. The van der Waals surface area contributed by atoms with Gasteiger partial charge in [-0.05, 0) is 34.9 Å². The van der Waals surface area contributed by atoms with E-state index in [9.17, 15) is 0 Å². The van der Waals surface area contributed by atoms with Crippen LogP contribution in [0.5, 0.6) is 0 Å². The smallest absolute Gasteiger partial charge is 0.360 e. The van der Waals surface area contributed by atoms with E-state index in [2.05, 4.69) is 71.3 Å². The summed E-state index contributed by atoms with van der Waals surface area (Å²) in [6.07, 6.45) is 0. The van der Waals surface area contributed by atoms with Crippen molar-refractivity contribution in [2.75, 3.05) is 28.4 Å². The maximum absolute atomic E-state index is 5.73. The van der Waals surface area contributed by atoms with Gasteiger partial charge in [-0.15, -0.1) is 0 Å². The molecule has 0 atom stereocenters. The molecule has 0 saturated heterocycles. The molecule has 0 saturated carbocycles. The molecule has 0 spiro atoms. The van der Waals surface area contributed by atoms with Gasteiger partial charge in [0, 0.05) is 28.4 Å². The molecule has 29 heavy (non-hydrogen) atoms. The summed E-state index contributed by atoms with van der Waals surface area (Å²) < 4.78 is 22.9. The lowest BCUT2D eigenvalue weighted by Gasteiger charge is -2.29. The predicted molar refractivity (Wildman–Crippen MR) is 127 cm³/mol. The quantitative estimate of drug-likeness (QED) is 0.527. The molecule has 4 nitrogen and oxygen atoms in total. The third-order valence-electron chi connectivity index (χ3n) is 5.42. The zero-order valence-corrected chi connectivity index (χ0v) is 21.2. The standard InChI is InChI=1S/C22H32O4Si3/c1-23-27(5,24-2)17-19-29(21-13-9-7-10-14-21,22-15-11-8-12-16-22)20-18-28(6,25-3)26-4/h7-20H,1-6H3. The SMILES string of the molecule is CO[Si](C)(C=C[Si](C=C[Si](C)(OC)OC)(c1ccccc1)c1ccccc1)OC. The maximum atomic E-state index is 5.73. The summed E-state index contributed by atoms with van der Waals surface area (Å²) in [5, 5.41) is 2.57. The fourth-order valence-corrected chi connectivity index (χ4v) is 11.1. The molecule has 0 bridgehead atoms. The molecule has 0 amide bonds. The van der Waals surface area contributed by atoms with Gasteiger partial charge in [-0.3, -0.25) is 0 Å². The molecule has 0 fully saturated rings. The lowest BCUT2D eigenvalue weighted by atomic mass is 10.4. The van der Waals surface area contributed by atoms with Crippen molar-refractivity contribution < 1.29 is 17.7 Å². The summed E-state index contributed by atoms with van der Waals surface area (Å²) in [5.41, 5.74) is 8.96. The van der Waals surface area contributed by atoms with E-state index >= 15 is 0 Å². The third-order valence-corrected chi connectivity index (χ3v) is 14.8. The van der Waals surface area contributed by atoms with Crippen LogP contribution >= 0.6 is 0 Å². The Labute approximate surface area is 178 Å². The highest BCUT2D eigenvalue weighted by Gasteiger charge is 2.36. The summed E-state index contributed by atoms with van der Waals surface area (Å²) in [5.74, 6) is 0. The Hall–Kier alpha value is -1.59. The molecule has 0 unspecified atom stereocenters. The fourth-order valence-electron chi connectivity index (χ4n) is 3.04. The molecule has 0 aromatic heterocycles. The van der Waals surface area contributed by atoms with E-state index in [1.165, 1.54) is 10.4 Å². The van der Waals surface area contributed by atoms with Crippen LogP contribution in [-0.2, 0) is 17.7 Å². The van der Waals surface area contributed by atoms with Gasteiger partial charge < -0.3 is 17.7 Å². The molecular weight excluding hydrogens is 412 g/mol. The molecule has 0 aliphatic heterocycles. The van der Waals surface area contributed by atoms with Crippen LogP contribution in [0.2, 0.25) is 13.1 Å². The minimum atomic E-state index is -2.44. The van der Waals surface area contributed by atoms with E-state index < -0.39 is 25.2 Å². The Bertz CT molecular complexity index is 732. The number of rotatable bonds is 10. The second-order valence-corrected chi connectivity index (χ2v) is 17.0. The number of hydrogen-bond acceptors (Lipinski definition) is 4. The first-order valence-electron chi connectivity index (χ1n) is 9.59. The second kappa shape index (κ2) is 10.4. The highest BCUT2D eigenvalue weighted by atomic mass is 28.4. The van der Waals surface area contributed by atoms with Crippen LogP contribution in [0.4, 0.5) is 0 Å². The number of hydrogen-bond donors (Lipinski definition) is 0. The third kappa shape index (κ3) is 5.73.